The highest BCUT2D eigenvalue weighted by molar-refractivity contribution is 6.35. The molecule has 0 bridgehead atoms. The van der Waals surface area contributed by atoms with Crippen LogP contribution in [0.1, 0.15) is 12.0 Å². The topological polar surface area (TPSA) is 92.1 Å². The monoisotopic (exact) mass is 434 g/mol. The van der Waals surface area contributed by atoms with Gasteiger partial charge in [0.15, 0.2) is 11.6 Å². The van der Waals surface area contributed by atoms with E-state index in [-0.39, 0.29) is 0 Å². The van der Waals surface area contributed by atoms with Crippen LogP contribution in [0.5, 0.6) is 0 Å². The van der Waals surface area contributed by atoms with Crippen molar-refractivity contribution in [1.82, 2.24) is 30.4 Å². The third-order valence-electron chi connectivity index (χ3n) is 4.39. The molecule has 1 aromatic carbocycles. The lowest BCUT2D eigenvalue weighted by atomic mass is 10.1. The van der Waals surface area contributed by atoms with Gasteiger partial charge in [0.05, 0.1) is 11.6 Å². The second-order valence-corrected chi connectivity index (χ2v) is 7.26. The van der Waals surface area contributed by atoms with Gasteiger partial charge >= 0.3 is 0 Å². The molecule has 10 heteroatoms. The van der Waals surface area contributed by atoms with E-state index < -0.39 is 0 Å². The minimum absolute atomic E-state index is 0.654. The van der Waals surface area contributed by atoms with Gasteiger partial charge in [-0.15, -0.1) is 0 Å². The van der Waals surface area contributed by atoms with Crippen LogP contribution in [0.2, 0.25) is 10.0 Å². The maximum Gasteiger partial charge on any atom is 0.191 e. The molecule has 0 aliphatic rings. The van der Waals surface area contributed by atoms with Crippen molar-refractivity contribution in [3.63, 3.8) is 0 Å². The van der Waals surface area contributed by atoms with Crippen molar-refractivity contribution in [2.24, 2.45) is 12.0 Å². The Balaban J connectivity index is 1.38. The third kappa shape index (κ3) is 5.71. The molecule has 154 valence electrons. The number of aryl methyl sites for hydroxylation is 2. The molecule has 3 N–H and O–H groups in total. The molecule has 0 unspecified atom stereocenters. The molecule has 0 saturated heterocycles. The van der Waals surface area contributed by atoms with Crippen molar-refractivity contribution in [2.45, 2.75) is 12.8 Å². The fraction of sp³-hybridized carbons (Fsp3) is 0.368. The number of hydrogen-bond acceptors (Lipinski definition) is 5. The average molecular weight is 435 g/mol. The molecule has 0 spiro atoms. The summed E-state index contributed by atoms with van der Waals surface area (Å²) >= 11 is 12.1. The Hall–Kier alpha value is -2.58. The normalized spacial score (nSPS) is 11.7. The van der Waals surface area contributed by atoms with Gasteiger partial charge in [0.1, 0.15) is 12.1 Å². The average Bonchev–Trinajstić information content (AvgIpc) is 3.10. The summed E-state index contributed by atoms with van der Waals surface area (Å²) < 4.78 is 1.73. The van der Waals surface area contributed by atoms with Crippen LogP contribution in [-0.4, -0.2) is 52.4 Å². The molecule has 8 nitrogen and oxygen atoms in total. The lowest BCUT2D eigenvalue weighted by molar-refractivity contribution is 0.744. The molecule has 3 rings (SSSR count). The van der Waals surface area contributed by atoms with Gasteiger partial charge in [-0.2, -0.15) is 5.10 Å². The lowest BCUT2D eigenvalue weighted by Crippen LogP contribution is -2.40. The van der Waals surface area contributed by atoms with Crippen molar-refractivity contribution >= 4 is 46.0 Å². The summed E-state index contributed by atoms with van der Waals surface area (Å²) in [5, 5.41) is 16.4. The standard InChI is InChI=1S/C19H24Cl2N8/c1-22-19(24-7-3-4-13-5-6-14(20)10-16(13)21)25-9-8-23-17-15-11-28-29(2)18(15)27-12-26-17/h5-6,10-12H,3-4,7-9H2,1-2H3,(H2,22,24,25)(H,23,26,27). The van der Waals surface area contributed by atoms with Crippen LogP contribution >= 0.6 is 23.2 Å². The van der Waals surface area contributed by atoms with Crippen LogP contribution in [0, 0.1) is 0 Å². The van der Waals surface area contributed by atoms with Crippen molar-refractivity contribution in [3.05, 3.63) is 46.3 Å². The van der Waals surface area contributed by atoms with E-state index in [1.165, 1.54) is 6.33 Å². The maximum absolute atomic E-state index is 6.21. The van der Waals surface area contributed by atoms with E-state index in [1.807, 2.05) is 19.2 Å². The zero-order valence-electron chi connectivity index (χ0n) is 16.4. The maximum atomic E-state index is 6.21. The lowest BCUT2D eigenvalue weighted by Gasteiger charge is -2.13. The van der Waals surface area contributed by atoms with Crippen molar-refractivity contribution in [3.8, 4) is 0 Å². The smallest absolute Gasteiger partial charge is 0.191 e. The molecule has 0 saturated carbocycles. The highest BCUT2D eigenvalue weighted by atomic mass is 35.5. The van der Waals surface area contributed by atoms with Gasteiger partial charge in [0.25, 0.3) is 0 Å². The van der Waals surface area contributed by atoms with Gasteiger partial charge in [0, 0.05) is 43.8 Å². The molecule has 2 aromatic heterocycles. The van der Waals surface area contributed by atoms with Crippen molar-refractivity contribution in [2.75, 3.05) is 32.0 Å². The number of rotatable bonds is 8. The number of halogens is 2. The summed E-state index contributed by atoms with van der Waals surface area (Å²) in [5.41, 5.74) is 1.89. The van der Waals surface area contributed by atoms with Crippen LogP contribution in [-0.2, 0) is 13.5 Å². The van der Waals surface area contributed by atoms with Crippen LogP contribution < -0.4 is 16.0 Å². The quantitative estimate of drug-likeness (QED) is 0.286. The van der Waals surface area contributed by atoms with E-state index >= 15 is 0 Å². The first-order valence-corrected chi connectivity index (χ1v) is 10.1. The summed E-state index contributed by atoms with van der Waals surface area (Å²) in [6.07, 6.45) is 5.10. The van der Waals surface area contributed by atoms with Gasteiger partial charge in [-0.3, -0.25) is 9.67 Å². The fourth-order valence-electron chi connectivity index (χ4n) is 2.90. The molecule has 0 amide bonds. The van der Waals surface area contributed by atoms with Crippen LogP contribution in [0.25, 0.3) is 11.0 Å². The molecular weight excluding hydrogens is 411 g/mol. The predicted molar refractivity (Wildman–Crippen MR) is 119 cm³/mol. The van der Waals surface area contributed by atoms with E-state index in [2.05, 4.69) is 36.0 Å². The summed E-state index contributed by atoms with van der Waals surface area (Å²) in [5.74, 6) is 1.52. The first-order valence-electron chi connectivity index (χ1n) is 9.33. The Morgan fingerprint density at radius 2 is 1.97 bits per heavy atom. The van der Waals surface area contributed by atoms with Gasteiger partial charge in [0.2, 0.25) is 0 Å². The Labute approximate surface area is 179 Å². The highest BCUT2D eigenvalue weighted by Gasteiger charge is 2.07. The SMILES string of the molecule is CN=C(NCCCc1ccc(Cl)cc1Cl)NCCNc1ncnc2c1cnn2C. The summed E-state index contributed by atoms with van der Waals surface area (Å²) in [4.78, 5) is 12.8. The zero-order valence-corrected chi connectivity index (χ0v) is 17.9. The van der Waals surface area contributed by atoms with Crippen molar-refractivity contribution < 1.29 is 0 Å². The number of fused-ring (bicyclic) bond motifs is 1. The Bertz CT molecular complexity index is 985. The van der Waals surface area contributed by atoms with Crippen molar-refractivity contribution in [1.29, 1.82) is 0 Å². The Morgan fingerprint density at radius 3 is 2.76 bits per heavy atom. The molecule has 3 aromatic rings. The van der Waals surface area contributed by atoms with E-state index in [0.717, 1.165) is 47.8 Å². The molecule has 29 heavy (non-hydrogen) atoms. The van der Waals surface area contributed by atoms with Gasteiger partial charge < -0.3 is 16.0 Å². The molecule has 0 aliphatic carbocycles. The van der Waals surface area contributed by atoms with E-state index in [4.69, 9.17) is 23.2 Å². The number of guanidine groups is 1. The molecular formula is C19H24Cl2N8. The largest absolute Gasteiger partial charge is 0.368 e. The molecule has 0 radical (unpaired) electrons. The number of aliphatic imine (C=N–C) groups is 1. The molecule has 0 fully saturated rings. The number of anilines is 1. The number of benzene rings is 1. The second kappa shape index (κ2) is 10.3. The predicted octanol–water partition coefficient (Wildman–Crippen LogP) is 2.88. The summed E-state index contributed by atoms with van der Waals surface area (Å²) in [7, 11) is 3.61. The zero-order chi connectivity index (χ0) is 20.6. The fourth-order valence-corrected chi connectivity index (χ4v) is 3.40. The highest BCUT2D eigenvalue weighted by Crippen LogP contribution is 2.22. The van der Waals surface area contributed by atoms with E-state index in [1.54, 1.807) is 24.0 Å². The summed E-state index contributed by atoms with van der Waals surface area (Å²) in [6.45, 7) is 2.16. The number of nitrogens with zero attached hydrogens (tertiary/aromatic N) is 5. The molecule has 2 heterocycles. The van der Waals surface area contributed by atoms with Crippen LogP contribution in [0.4, 0.5) is 5.82 Å². The summed E-state index contributed by atoms with van der Waals surface area (Å²) in [6, 6.07) is 5.60. The molecule has 0 aliphatic heterocycles. The van der Waals surface area contributed by atoms with Gasteiger partial charge in [-0.1, -0.05) is 29.3 Å². The van der Waals surface area contributed by atoms with E-state index in [9.17, 15) is 0 Å². The minimum Gasteiger partial charge on any atom is -0.368 e. The first-order chi connectivity index (χ1) is 14.1. The first kappa shape index (κ1) is 21.1. The third-order valence-corrected chi connectivity index (χ3v) is 4.98. The minimum atomic E-state index is 0.654. The Morgan fingerprint density at radius 1 is 1.14 bits per heavy atom. The van der Waals surface area contributed by atoms with Crippen LogP contribution in [0.15, 0.2) is 35.7 Å². The van der Waals surface area contributed by atoms with Crippen LogP contribution in [0.3, 0.4) is 0 Å². The van der Waals surface area contributed by atoms with E-state index in [0.29, 0.717) is 23.1 Å². The van der Waals surface area contributed by atoms with Gasteiger partial charge in [-0.05, 0) is 30.5 Å². The second-order valence-electron chi connectivity index (χ2n) is 6.42. The molecule has 0 atom stereocenters. The van der Waals surface area contributed by atoms with Gasteiger partial charge in [-0.25, -0.2) is 9.97 Å². The number of hydrogen-bond donors (Lipinski definition) is 3. The number of nitrogens with one attached hydrogen (secondary N) is 3. The Kier molecular flexibility index (Phi) is 7.48. The number of aromatic nitrogens is 4.